The molecule has 0 aliphatic rings. The number of benzene rings is 1. The molecule has 19 heavy (non-hydrogen) atoms. The van der Waals surface area contributed by atoms with Crippen LogP contribution in [0.2, 0.25) is 0 Å². The summed E-state index contributed by atoms with van der Waals surface area (Å²) in [4.78, 5) is 0.509. The van der Waals surface area contributed by atoms with Crippen LogP contribution in [0.1, 0.15) is 25.8 Å². The van der Waals surface area contributed by atoms with Crippen molar-refractivity contribution in [1.82, 2.24) is 0 Å². The third kappa shape index (κ3) is 4.01. The first kappa shape index (κ1) is 16.1. The van der Waals surface area contributed by atoms with Crippen molar-refractivity contribution in [3.63, 3.8) is 0 Å². The largest absolute Gasteiger partial charge is 0.495 e. The second-order valence-electron chi connectivity index (χ2n) is 4.44. The van der Waals surface area contributed by atoms with Gasteiger partial charge in [-0.1, -0.05) is 6.92 Å². The number of rotatable bonds is 7. The van der Waals surface area contributed by atoms with Crippen molar-refractivity contribution in [1.29, 1.82) is 0 Å². The molecular weight excluding hydrogens is 265 g/mol. The molecule has 108 valence electrons. The van der Waals surface area contributed by atoms with Crippen LogP contribution in [0.5, 0.6) is 11.5 Å². The van der Waals surface area contributed by atoms with Crippen LogP contribution in [0.15, 0.2) is 11.0 Å². The Morgan fingerprint density at radius 1 is 1.37 bits per heavy atom. The second kappa shape index (κ2) is 7.60. The zero-order chi connectivity index (χ0) is 14.4. The third-order valence-corrected chi connectivity index (χ3v) is 3.92. The Labute approximate surface area is 118 Å². The molecule has 1 aromatic carbocycles. The van der Waals surface area contributed by atoms with Crippen molar-refractivity contribution in [3.05, 3.63) is 17.4 Å². The maximum Gasteiger partial charge on any atom is 0.182 e. The van der Waals surface area contributed by atoms with E-state index < -0.39 is 0 Å². The Balaban J connectivity index is 3.25. The smallest absolute Gasteiger partial charge is 0.182 e. The van der Waals surface area contributed by atoms with Crippen LogP contribution in [0.4, 0.5) is 4.39 Å². The van der Waals surface area contributed by atoms with Gasteiger partial charge in [-0.05, 0) is 31.6 Å². The molecule has 0 aromatic heterocycles. The maximum atomic E-state index is 14.5. The number of halogens is 1. The molecule has 0 aliphatic heterocycles. The summed E-state index contributed by atoms with van der Waals surface area (Å²) in [5.41, 5.74) is 6.53. The van der Waals surface area contributed by atoms with E-state index >= 15 is 0 Å². The van der Waals surface area contributed by atoms with Gasteiger partial charge in [-0.2, -0.15) is 0 Å². The molecule has 1 atom stereocenters. The first-order valence-corrected chi connectivity index (χ1v) is 7.35. The fourth-order valence-corrected chi connectivity index (χ4v) is 2.76. The lowest BCUT2D eigenvalue weighted by Crippen LogP contribution is -2.18. The zero-order valence-corrected chi connectivity index (χ0v) is 12.8. The minimum atomic E-state index is -0.351. The van der Waals surface area contributed by atoms with Crippen molar-refractivity contribution in [2.45, 2.75) is 37.6 Å². The molecule has 2 N–H and O–H groups in total. The number of methoxy groups -OCH3 is 2. The van der Waals surface area contributed by atoms with E-state index in [0.717, 1.165) is 17.7 Å². The Kier molecular flexibility index (Phi) is 6.45. The van der Waals surface area contributed by atoms with E-state index in [1.165, 1.54) is 18.9 Å². The lowest BCUT2D eigenvalue weighted by molar-refractivity contribution is 0.359. The number of hydrogen-bond acceptors (Lipinski definition) is 4. The van der Waals surface area contributed by atoms with Crippen molar-refractivity contribution >= 4 is 11.8 Å². The van der Waals surface area contributed by atoms with Gasteiger partial charge >= 0.3 is 0 Å². The second-order valence-corrected chi connectivity index (χ2v) is 5.55. The van der Waals surface area contributed by atoms with Crippen LogP contribution in [0.3, 0.4) is 0 Å². The van der Waals surface area contributed by atoms with E-state index in [0.29, 0.717) is 17.1 Å². The minimum Gasteiger partial charge on any atom is -0.495 e. The number of thioether (sulfide) groups is 1. The molecule has 0 saturated heterocycles. The molecular formula is C14H22FNO2S. The quantitative estimate of drug-likeness (QED) is 0.782. The van der Waals surface area contributed by atoms with Crippen LogP contribution in [0.25, 0.3) is 0 Å². The lowest BCUT2D eigenvalue weighted by Gasteiger charge is -2.17. The van der Waals surface area contributed by atoms with Crippen molar-refractivity contribution in [2.75, 3.05) is 20.0 Å². The highest BCUT2D eigenvalue weighted by atomic mass is 32.2. The van der Waals surface area contributed by atoms with Crippen molar-refractivity contribution in [3.8, 4) is 11.5 Å². The lowest BCUT2D eigenvalue weighted by atomic mass is 10.1. The summed E-state index contributed by atoms with van der Waals surface area (Å²) in [7, 11) is 3.02. The third-order valence-electron chi connectivity index (χ3n) is 2.64. The van der Waals surface area contributed by atoms with Crippen LogP contribution in [-0.2, 0) is 6.42 Å². The van der Waals surface area contributed by atoms with E-state index in [1.807, 2.05) is 13.0 Å². The van der Waals surface area contributed by atoms with Gasteiger partial charge in [0.15, 0.2) is 11.6 Å². The van der Waals surface area contributed by atoms with E-state index in [9.17, 15) is 4.39 Å². The fourth-order valence-electron chi connectivity index (χ4n) is 1.85. The molecule has 5 heteroatoms. The van der Waals surface area contributed by atoms with Crippen LogP contribution < -0.4 is 15.2 Å². The molecule has 1 aromatic rings. The summed E-state index contributed by atoms with van der Waals surface area (Å²) in [5.74, 6) is 1.31. The molecule has 3 nitrogen and oxygen atoms in total. The van der Waals surface area contributed by atoms with Gasteiger partial charge in [-0.3, -0.25) is 0 Å². The predicted molar refractivity (Wildman–Crippen MR) is 77.9 cm³/mol. The van der Waals surface area contributed by atoms with Gasteiger partial charge in [0.2, 0.25) is 0 Å². The first-order chi connectivity index (χ1) is 9.04. The highest BCUT2D eigenvalue weighted by Crippen LogP contribution is 2.39. The predicted octanol–water partition coefficient (Wildman–Crippen LogP) is 3.23. The molecule has 0 fully saturated rings. The van der Waals surface area contributed by atoms with Gasteiger partial charge in [0.1, 0.15) is 5.75 Å². The SMILES string of the molecule is CCCSc1c(OC)cc(CC(C)N)c(OC)c1F. The van der Waals surface area contributed by atoms with Gasteiger partial charge in [0.25, 0.3) is 0 Å². The summed E-state index contributed by atoms with van der Waals surface area (Å²) in [6, 6.07) is 1.76. The van der Waals surface area contributed by atoms with E-state index in [2.05, 4.69) is 6.92 Å². The van der Waals surface area contributed by atoms with E-state index in [4.69, 9.17) is 15.2 Å². The molecule has 0 saturated carbocycles. The summed E-state index contributed by atoms with van der Waals surface area (Å²) in [6.45, 7) is 3.93. The number of nitrogens with two attached hydrogens (primary N) is 1. The van der Waals surface area contributed by atoms with Gasteiger partial charge in [0.05, 0.1) is 19.1 Å². The topological polar surface area (TPSA) is 44.5 Å². The first-order valence-electron chi connectivity index (χ1n) is 6.36. The zero-order valence-electron chi connectivity index (χ0n) is 12.0. The summed E-state index contributed by atoms with van der Waals surface area (Å²) in [5, 5.41) is 0. The molecule has 1 rings (SSSR count). The molecule has 1 unspecified atom stereocenters. The average Bonchev–Trinajstić information content (AvgIpc) is 2.36. The molecule has 0 heterocycles. The number of ether oxygens (including phenoxy) is 2. The average molecular weight is 287 g/mol. The van der Waals surface area contributed by atoms with Crippen LogP contribution >= 0.6 is 11.8 Å². The highest BCUT2D eigenvalue weighted by Gasteiger charge is 2.20. The molecule has 0 bridgehead atoms. The molecule has 0 amide bonds. The van der Waals surface area contributed by atoms with E-state index in [-0.39, 0.29) is 17.6 Å². The van der Waals surface area contributed by atoms with Crippen molar-refractivity contribution in [2.24, 2.45) is 5.73 Å². The Morgan fingerprint density at radius 2 is 2.05 bits per heavy atom. The van der Waals surface area contributed by atoms with Crippen LogP contribution in [0, 0.1) is 5.82 Å². The minimum absolute atomic E-state index is 0.0628. The summed E-state index contributed by atoms with van der Waals surface area (Å²) in [6.07, 6.45) is 1.52. The Morgan fingerprint density at radius 3 is 2.53 bits per heavy atom. The van der Waals surface area contributed by atoms with Gasteiger partial charge in [0, 0.05) is 11.6 Å². The fraction of sp³-hybridized carbons (Fsp3) is 0.571. The monoisotopic (exact) mass is 287 g/mol. The summed E-state index contributed by atoms with van der Waals surface area (Å²) < 4.78 is 25.0. The van der Waals surface area contributed by atoms with Crippen molar-refractivity contribution < 1.29 is 13.9 Å². The summed E-state index contributed by atoms with van der Waals surface area (Å²) >= 11 is 1.44. The molecule has 0 aliphatic carbocycles. The Bertz CT molecular complexity index is 424. The molecule has 0 radical (unpaired) electrons. The molecule has 0 spiro atoms. The maximum absolute atomic E-state index is 14.5. The highest BCUT2D eigenvalue weighted by molar-refractivity contribution is 7.99. The van der Waals surface area contributed by atoms with Crippen LogP contribution in [-0.4, -0.2) is 26.0 Å². The van der Waals surface area contributed by atoms with E-state index in [1.54, 1.807) is 7.11 Å². The Hall–Kier alpha value is -0.940. The van der Waals surface area contributed by atoms with Gasteiger partial charge in [-0.15, -0.1) is 11.8 Å². The normalized spacial score (nSPS) is 12.3. The van der Waals surface area contributed by atoms with Gasteiger partial charge < -0.3 is 15.2 Å². The number of hydrogen-bond donors (Lipinski definition) is 1. The van der Waals surface area contributed by atoms with Gasteiger partial charge in [-0.25, -0.2) is 4.39 Å². The standard InChI is InChI=1S/C14H22FNO2S/c1-5-6-19-14-11(17-3)8-10(7-9(2)16)13(18-4)12(14)15/h8-9H,5-7,16H2,1-4H3.